The number of rotatable bonds is 8. The zero-order valence-electron chi connectivity index (χ0n) is 11.0. The van der Waals surface area contributed by atoms with Crippen LogP contribution in [0.15, 0.2) is 24.4 Å². The van der Waals surface area contributed by atoms with E-state index in [9.17, 15) is 4.79 Å². The maximum Gasteiger partial charge on any atom is 0.332 e. The third-order valence-electron chi connectivity index (χ3n) is 2.30. The van der Waals surface area contributed by atoms with Crippen molar-refractivity contribution in [2.45, 2.75) is 13.5 Å². The van der Waals surface area contributed by atoms with Crippen molar-refractivity contribution in [2.75, 3.05) is 33.4 Å². The van der Waals surface area contributed by atoms with E-state index in [4.69, 9.17) is 9.47 Å². The maximum atomic E-state index is 11.0. The molecule has 5 heteroatoms. The van der Waals surface area contributed by atoms with E-state index in [1.807, 2.05) is 25.2 Å². The molecule has 1 rings (SSSR count). The van der Waals surface area contributed by atoms with Gasteiger partial charge in [0.15, 0.2) is 0 Å². The first kappa shape index (κ1) is 14.6. The van der Waals surface area contributed by atoms with Crippen LogP contribution in [0, 0.1) is 0 Å². The number of hydrogen-bond acceptors (Lipinski definition) is 5. The van der Waals surface area contributed by atoms with E-state index in [1.54, 1.807) is 13.1 Å². The summed E-state index contributed by atoms with van der Waals surface area (Å²) < 4.78 is 9.98. The Morgan fingerprint density at radius 3 is 2.94 bits per heavy atom. The highest BCUT2D eigenvalue weighted by molar-refractivity contribution is 5.70. The van der Waals surface area contributed by atoms with Crippen molar-refractivity contribution in [3.8, 4) is 0 Å². The molecule has 0 saturated heterocycles. The topological polar surface area (TPSA) is 51.7 Å². The van der Waals surface area contributed by atoms with Gasteiger partial charge in [0.25, 0.3) is 0 Å². The van der Waals surface area contributed by atoms with E-state index in [-0.39, 0.29) is 12.6 Å². The Hall–Kier alpha value is -1.46. The highest BCUT2D eigenvalue weighted by Gasteiger charge is 2.03. The van der Waals surface area contributed by atoms with Crippen molar-refractivity contribution < 1.29 is 14.3 Å². The summed E-state index contributed by atoms with van der Waals surface area (Å²) in [6.07, 6.45) is 1.78. The standard InChI is InChI=1S/C13H20N2O3/c1-3-18-13(16)11-17-9-8-15(2)10-12-6-4-5-7-14-12/h4-7H,3,8-11H2,1-2H3. The predicted octanol–water partition coefficient (Wildman–Crippen LogP) is 1.09. The first-order valence-corrected chi connectivity index (χ1v) is 6.04. The quantitative estimate of drug-likeness (QED) is 0.512. The number of carbonyl (C=O) groups excluding carboxylic acids is 1. The van der Waals surface area contributed by atoms with Gasteiger partial charge in [-0.1, -0.05) is 6.07 Å². The number of likely N-dealkylation sites (N-methyl/N-ethyl adjacent to an activating group) is 1. The fourth-order valence-corrected chi connectivity index (χ4v) is 1.43. The first-order valence-electron chi connectivity index (χ1n) is 6.04. The van der Waals surface area contributed by atoms with Gasteiger partial charge in [-0.3, -0.25) is 9.88 Å². The Bertz CT molecular complexity index is 343. The molecule has 0 spiro atoms. The van der Waals surface area contributed by atoms with Crippen molar-refractivity contribution >= 4 is 5.97 Å². The molecule has 1 heterocycles. The zero-order valence-corrected chi connectivity index (χ0v) is 11.0. The molecule has 18 heavy (non-hydrogen) atoms. The van der Waals surface area contributed by atoms with Crippen LogP contribution in [0.3, 0.4) is 0 Å². The molecule has 0 aromatic carbocycles. The van der Waals surface area contributed by atoms with Crippen molar-refractivity contribution in [1.29, 1.82) is 0 Å². The average molecular weight is 252 g/mol. The molecule has 0 bridgehead atoms. The van der Waals surface area contributed by atoms with Gasteiger partial charge < -0.3 is 9.47 Å². The highest BCUT2D eigenvalue weighted by atomic mass is 16.6. The minimum atomic E-state index is -0.315. The lowest BCUT2D eigenvalue weighted by Crippen LogP contribution is -2.24. The Kier molecular flexibility index (Phi) is 6.98. The third kappa shape index (κ3) is 6.32. The largest absolute Gasteiger partial charge is 0.464 e. The number of aromatic nitrogens is 1. The Morgan fingerprint density at radius 1 is 1.44 bits per heavy atom. The lowest BCUT2D eigenvalue weighted by molar-refractivity contribution is -0.148. The molecule has 0 unspecified atom stereocenters. The fraction of sp³-hybridized carbons (Fsp3) is 0.538. The SMILES string of the molecule is CCOC(=O)COCCN(C)Cc1ccccn1. The number of nitrogens with zero attached hydrogens (tertiary/aromatic N) is 2. The minimum Gasteiger partial charge on any atom is -0.464 e. The molecule has 0 amide bonds. The average Bonchev–Trinajstić information content (AvgIpc) is 2.36. The normalized spacial score (nSPS) is 10.6. The smallest absolute Gasteiger partial charge is 0.332 e. The van der Waals surface area contributed by atoms with Crippen LogP contribution in [-0.2, 0) is 20.8 Å². The van der Waals surface area contributed by atoms with Gasteiger partial charge in [-0.25, -0.2) is 4.79 Å². The van der Waals surface area contributed by atoms with E-state index in [0.717, 1.165) is 18.8 Å². The molecule has 0 aliphatic rings. The van der Waals surface area contributed by atoms with E-state index in [1.165, 1.54) is 0 Å². The summed E-state index contributed by atoms with van der Waals surface area (Å²) >= 11 is 0. The molecule has 0 N–H and O–H groups in total. The number of ether oxygens (including phenoxy) is 2. The molecule has 5 nitrogen and oxygen atoms in total. The molecule has 0 atom stereocenters. The van der Waals surface area contributed by atoms with Crippen molar-refractivity contribution in [1.82, 2.24) is 9.88 Å². The Labute approximate surface area is 108 Å². The summed E-state index contributed by atoms with van der Waals surface area (Å²) in [4.78, 5) is 17.3. The second-order valence-electron chi connectivity index (χ2n) is 3.92. The Morgan fingerprint density at radius 2 is 2.28 bits per heavy atom. The minimum absolute atomic E-state index is 0.0191. The van der Waals surface area contributed by atoms with Crippen LogP contribution in [0.2, 0.25) is 0 Å². The molecule has 0 aliphatic carbocycles. The van der Waals surface area contributed by atoms with Gasteiger partial charge in [-0.2, -0.15) is 0 Å². The van der Waals surface area contributed by atoms with E-state index < -0.39 is 0 Å². The van der Waals surface area contributed by atoms with Crippen molar-refractivity contribution in [2.24, 2.45) is 0 Å². The van der Waals surface area contributed by atoms with Crippen LogP contribution in [-0.4, -0.2) is 49.3 Å². The number of pyridine rings is 1. The van der Waals surface area contributed by atoms with Crippen LogP contribution in [0.4, 0.5) is 0 Å². The second kappa shape index (κ2) is 8.60. The zero-order chi connectivity index (χ0) is 13.2. The predicted molar refractivity (Wildman–Crippen MR) is 68.0 cm³/mol. The molecular formula is C13H20N2O3. The lowest BCUT2D eigenvalue weighted by atomic mass is 10.3. The first-order chi connectivity index (χ1) is 8.72. The summed E-state index contributed by atoms with van der Waals surface area (Å²) in [6, 6.07) is 5.84. The van der Waals surface area contributed by atoms with Crippen LogP contribution in [0.5, 0.6) is 0 Å². The second-order valence-corrected chi connectivity index (χ2v) is 3.92. The molecule has 100 valence electrons. The third-order valence-corrected chi connectivity index (χ3v) is 2.30. The lowest BCUT2D eigenvalue weighted by Gasteiger charge is -2.15. The van der Waals surface area contributed by atoms with E-state index in [2.05, 4.69) is 9.88 Å². The van der Waals surface area contributed by atoms with Gasteiger partial charge in [0.05, 0.1) is 18.9 Å². The molecule has 0 radical (unpaired) electrons. The van der Waals surface area contributed by atoms with Gasteiger partial charge in [0, 0.05) is 19.3 Å². The van der Waals surface area contributed by atoms with Gasteiger partial charge >= 0.3 is 5.97 Å². The van der Waals surface area contributed by atoms with E-state index in [0.29, 0.717) is 13.2 Å². The van der Waals surface area contributed by atoms with Gasteiger partial charge in [-0.15, -0.1) is 0 Å². The van der Waals surface area contributed by atoms with Crippen molar-refractivity contribution in [3.05, 3.63) is 30.1 Å². The molecule has 0 fully saturated rings. The summed E-state index contributed by atoms with van der Waals surface area (Å²) in [5.41, 5.74) is 1.02. The van der Waals surface area contributed by atoms with Crippen LogP contribution >= 0.6 is 0 Å². The van der Waals surface area contributed by atoms with Crippen LogP contribution in [0.25, 0.3) is 0 Å². The molecule has 0 aliphatic heterocycles. The van der Waals surface area contributed by atoms with E-state index >= 15 is 0 Å². The van der Waals surface area contributed by atoms with Crippen LogP contribution in [0.1, 0.15) is 12.6 Å². The number of esters is 1. The van der Waals surface area contributed by atoms with Crippen LogP contribution < -0.4 is 0 Å². The summed E-state index contributed by atoms with van der Waals surface area (Å²) in [7, 11) is 1.99. The monoisotopic (exact) mass is 252 g/mol. The van der Waals surface area contributed by atoms with Gasteiger partial charge in [0.1, 0.15) is 6.61 Å². The van der Waals surface area contributed by atoms with Gasteiger partial charge in [0.2, 0.25) is 0 Å². The fourth-order valence-electron chi connectivity index (χ4n) is 1.43. The maximum absolute atomic E-state index is 11.0. The van der Waals surface area contributed by atoms with Crippen molar-refractivity contribution in [3.63, 3.8) is 0 Å². The molecule has 0 saturated carbocycles. The highest BCUT2D eigenvalue weighted by Crippen LogP contribution is 1.98. The number of hydrogen-bond donors (Lipinski definition) is 0. The van der Waals surface area contributed by atoms with Gasteiger partial charge in [-0.05, 0) is 26.1 Å². The summed E-state index contributed by atoms with van der Waals surface area (Å²) in [5, 5.41) is 0. The summed E-state index contributed by atoms with van der Waals surface area (Å²) in [5.74, 6) is -0.315. The molecular weight excluding hydrogens is 232 g/mol. The molecule has 1 aromatic heterocycles. The number of carbonyl (C=O) groups is 1. The Balaban J connectivity index is 2.10. The molecule has 1 aromatic rings. The summed E-state index contributed by atoms with van der Waals surface area (Å²) in [6.45, 7) is 4.20.